The number of ether oxygens (including phenoxy) is 1. The Morgan fingerprint density at radius 3 is 2.25 bits per heavy atom. The molecule has 0 aliphatic rings. The zero-order valence-corrected chi connectivity index (χ0v) is 11.6. The number of hydrazine groups is 1. The van der Waals surface area contributed by atoms with E-state index in [4.69, 9.17) is 10.6 Å². The Morgan fingerprint density at radius 1 is 1.44 bits per heavy atom. The van der Waals surface area contributed by atoms with Crippen LogP contribution in [0.3, 0.4) is 0 Å². The van der Waals surface area contributed by atoms with Crippen LogP contribution < -0.4 is 11.3 Å². The molecule has 98 valence electrons. The van der Waals surface area contributed by atoms with Crippen LogP contribution in [0.2, 0.25) is 0 Å². The van der Waals surface area contributed by atoms with Crippen LogP contribution in [0.5, 0.6) is 0 Å². The first-order valence-electron chi connectivity index (χ1n) is 5.34. The van der Waals surface area contributed by atoms with Crippen molar-refractivity contribution in [2.45, 2.75) is 50.5 Å². The Morgan fingerprint density at radius 2 is 1.94 bits per heavy atom. The molecule has 0 spiro atoms. The van der Waals surface area contributed by atoms with E-state index in [0.29, 0.717) is 6.42 Å². The molecule has 0 aliphatic carbocycles. The first-order chi connectivity index (χ1) is 7.14. The normalized spacial score (nSPS) is 17.1. The molecule has 2 unspecified atom stereocenters. The topological polar surface area (TPSA) is 81.4 Å². The Bertz CT molecular complexity index is 301. The van der Waals surface area contributed by atoms with Crippen LogP contribution in [-0.2, 0) is 14.6 Å². The number of sulfone groups is 1. The van der Waals surface area contributed by atoms with E-state index in [2.05, 4.69) is 5.43 Å². The van der Waals surface area contributed by atoms with Crippen LogP contribution in [0.1, 0.15) is 33.6 Å². The van der Waals surface area contributed by atoms with E-state index in [0.717, 1.165) is 6.42 Å². The molecule has 0 aromatic rings. The van der Waals surface area contributed by atoms with Gasteiger partial charge in [0.2, 0.25) is 0 Å². The average Bonchev–Trinajstić information content (AvgIpc) is 2.17. The van der Waals surface area contributed by atoms with Gasteiger partial charge in [-0.2, -0.15) is 0 Å². The Kier molecular flexibility index (Phi) is 5.89. The van der Waals surface area contributed by atoms with Gasteiger partial charge in [0, 0.05) is 19.4 Å². The van der Waals surface area contributed by atoms with Gasteiger partial charge in [0.05, 0.1) is 10.9 Å². The second-order valence-corrected chi connectivity index (χ2v) is 7.21. The molecular formula is C10H24N2O3S. The number of hydrogen-bond acceptors (Lipinski definition) is 5. The van der Waals surface area contributed by atoms with Crippen LogP contribution in [-0.4, -0.2) is 38.7 Å². The van der Waals surface area contributed by atoms with Gasteiger partial charge in [-0.05, 0) is 33.6 Å². The van der Waals surface area contributed by atoms with E-state index in [1.165, 1.54) is 6.26 Å². The largest absolute Gasteiger partial charge is 0.379 e. The van der Waals surface area contributed by atoms with E-state index in [1.54, 1.807) is 14.0 Å². The highest BCUT2D eigenvalue weighted by Gasteiger charge is 2.27. The Labute approximate surface area is 98.6 Å². The van der Waals surface area contributed by atoms with Crippen LogP contribution in [0, 0.1) is 0 Å². The number of nitrogens with two attached hydrogens (primary N) is 1. The molecule has 0 aromatic heterocycles. The average molecular weight is 252 g/mol. The molecule has 16 heavy (non-hydrogen) atoms. The predicted octanol–water partition coefficient (Wildman–Crippen LogP) is 0.457. The smallest absolute Gasteiger partial charge is 0.151 e. The van der Waals surface area contributed by atoms with Crippen molar-refractivity contribution < 1.29 is 13.2 Å². The van der Waals surface area contributed by atoms with Crippen molar-refractivity contribution in [3.8, 4) is 0 Å². The van der Waals surface area contributed by atoms with Gasteiger partial charge in [0.1, 0.15) is 0 Å². The summed E-state index contributed by atoms with van der Waals surface area (Å²) < 4.78 is 28.1. The molecule has 0 saturated heterocycles. The Balaban J connectivity index is 4.44. The Hall–Kier alpha value is -0.170. The van der Waals surface area contributed by atoms with Crippen LogP contribution >= 0.6 is 0 Å². The summed E-state index contributed by atoms with van der Waals surface area (Å²) in [7, 11) is -1.43. The van der Waals surface area contributed by atoms with E-state index >= 15 is 0 Å². The number of methoxy groups -OCH3 is 1. The second-order valence-electron chi connectivity index (χ2n) is 4.81. The van der Waals surface area contributed by atoms with Gasteiger partial charge in [-0.25, -0.2) is 8.42 Å². The summed E-state index contributed by atoms with van der Waals surface area (Å²) in [6.45, 7) is 5.59. The lowest BCUT2D eigenvalue weighted by Crippen LogP contribution is -2.46. The lowest BCUT2D eigenvalue weighted by atomic mass is 9.98. The molecule has 6 heteroatoms. The minimum absolute atomic E-state index is 0.246. The van der Waals surface area contributed by atoms with E-state index in [9.17, 15) is 8.42 Å². The van der Waals surface area contributed by atoms with Crippen molar-refractivity contribution in [1.29, 1.82) is 0 Å². The molecule has 0 amide bonds. The third-order valence-corrected chi connectivity index (χ3v) is 4.75. The van der Waals surface area contributed by atoms with Crippen molar-refractivity contribution in [3.05, 3.63) is 0 Å². The molecule has 0 heterocycles. The maximum atomic E-state index is 11.4. The molecule has 0 aromatic carbocycles. The lowest BCUT2D eigenvalue weighted by molar-refractivity contribution is 0.0117. The summed E-state index contributed by atoms with van der Waals surface area (Å²) in [5, 5.41) is -0.495. The predicted molar refractivity (Wildman–Crippen MR) is 65.7 cm³/mol. The van der Waals surface area contributed by atoms with Crippen molar-refractivity contribution in [2.24, 2.45) is 5.84 Å². The van der Waals surface area contributed by atoms with Crippen molar-refractivity contribution >= 4 is 9.84 Å². The first-order valence-corrected chi connectivity index (χ1v) is 7.29. The lowest BCUT2D eigenvalue weighted by Gasteiger charge is -2.27. The van der Waals surface area contributed by atoms with Crippen molar-refractivity contribution in [2.75, 3.05) is 13.4 Å². The summed E-state index contributed by atoms with van der Waals surface area (Å²) >= 11 is 0. The number of rotatable bonds is 7. The van der Waals surface area contributed by atoms with Gasteiger partial charge in [0.15, 0.2) is 9.84 Å². The highest BCUT2D eigenvalue weighted by atomic mass is 32.2. The standard InChI is InChI=1S/C10H24N2O3S/c1-8(16(5,13)14)9(12-11)6-7-10(2,3)15-4/h8-9,12H,6-7,11H2,1-5H3. The molecular weight excluding hydrogens is 228 g/mol. The van der Waals surface area contributed by atoms with Crippen molar-refractivity contribution in [1.82, 2.24) is 5.43 Å². The third-order valence-electron chi connectivity index (χ3n) is 3.07. The minimum Gasteiger partial charge on any atom is -0.379 e. The molecule has 3 N–H and O–H groups in total. The van der Waals surface area contributed by atoms with Crippen molar-refractivity contribution in [3.63, 3.8) is 0 Å². The molecule has 0 aliphatic heterocycles. The summed E-state index contributed by atoms with van der Waals surface area (Å²) in [5.74, 6) is 5.39. The SMILES string of the molecule is COC(C)(C)CCC(NN)C(C)S(C)(=O)=O. The fraction of sp³-hybridized carbons (Fsp3) is 1.00. The summed E-state index contributed by atoms with van der Waals surface area (Å²) in [6, 6.07) is -0.246. The van der Waals surface area contributed by atoms with Gasteiger partial charge in [-0.15, -0.1) is 0 Å². The minimum atomic E-state index is -3.07. The molecule has 0 saturated carbocycles. The van der Waals surface area contributed by atoms with Gasteiger partial charge < -0.3 is 4.74 Å². The quantitative estimate of drug-likeness (QED) is 0.508. The van der Waals surface area contributed by atoms with Gasteiger partial charge in [-0.3, -0.25) is 11.3 Å². The van der Waals surface area contributed by atoms with Gasteiger partial charge in [-0.1, -0.05) is 0 Å². The van der Waals surface area contributed by atoms with E-state index < -0.39 is 15.1 Å². The number of hydrogen-bond donors (Lipinski definition) is 2. The highest BCUT2D eigenvalue weighted by Crippen LogP contribution is 2.19. The van der Waals surface area contributed by atoms with Crippen LogP contribution in [0.4, 0.5) is 0 Å². The summed E-state index contributed by atoms with van der Waals surface area (Å²) in [6.07, 6.45) is 2.63. The highest BCUT2D eigenvalue weighted by molar-refractivity contribution is 7.91. The first kappa shape index (κ1) is 15.8. The molecule has 0 rings (SSSR count). The molecule has 2 atom stereocenters. The summed E-state index contributed by atoms with van der Waals surface area (Å²) in [5.41, 5.74) is 2.31. The second kappa shape index (κ2) is 5.95. The zero-order chi connectivity index (χ0) is 13.0. The maximum Gasteiger partial charge on any atom is 0.151 e. The maximum absolute atomic E-state index is 11.4. The van der Waals surface area contributed by atoms with E-state index in [1.807, 2.05) is 13.8 Å². The molecule has 0 bridgehead atoms. The number of nitrogens with one attached hydrogen (secondary N) is 1. The van der Waals surface area contributed by atoms with Crippen LogP contribution in [0.15, 0.2) is 0 Å². The van der Waals surface area contributed by atoms with Crippen LogP contribution in [0.25, 0.3) is 0 Å². The monoisotopic (exact) mass is 252 g/mol. The molecule has 5 nitrogen and oxygen atoms in total. The zero-order valence-electron chi connectivity index (χ0n) is 10.8. The van der Waals surface area contributed by atoms with Gasteiger partial charge in [0.25, 0.3) is 0 Å². The molecule has 0 fully saturated rings. The fourth-order valence-electron chi connectivity index (χ4n) is 1.36. The fourth-order valence-corrected chi connectivity index (χ4v) is 2.17. The van der Waals surface area contributed by atoms with E-state index in [-0.39, 0.29) is 11.6 Å². The van der Waals surface area contributed by atoms with Gasteiger partial charge >= 0.3 is 0 Å². The molecule has 0 radical (unpaired) electrons. The third kappa shape index (κ3) is 5.25. The summed E-state index contributed by atoms with van der Waals surface area (Å²) in [4.78, 5) is 0.